The summed E-state index contributed by atoms with van der Waals surface area (Å²) in [6.45, 7) is 0. The standard InChI is InChI=1S/C15H18BN3O2/c16-12-6-7-13(14(10-12)19(20)21)18-9-8-17-15(18)11-4-2-1-3-5-11/h6-11H,1-5,16H2. The van der Waals surface area contributed by atoms with Crippen LogP contribution < -0.4 is 5.46 Å². The first-order valence-electron chi connectivity index (χ1n) is 7.45. The predicted octanol–water partition coefficient (Wildman–Crippen LogP) is 2.09. The average molecular weight is 283 g/mol. The first-order valence-corrected chi connectivity index (χ1v) is 7.45. The van der Waals surface area contributed by atoms with Gasteiger partial charge in [0.15, 0.2) is 0 Å². The molecule has 0 N–H and O–H groups in total. The van der Waals surface area contributed by atoms with E-state index in [2.05, 4.69) is 4.98 Å². The quantitative estimate of drug-likeness (QED) is 0.492. The van der Waals surface area contributed by atoms with Gasteiger partial charge in [-0.15, -0.1) is 0 Å². The zero-order valence-electron chi connectivity index (χ0n) is 12.2. The number of hydrogen-bond donors (Lipinski definition) is 0. The molecule has 3 rings (SSSR count). The Balaban J connectivity index is 2.05. The number of hydrogen-bond acceptors (Lipinski definition) is 3. The Morgan fingerprint density at radius 2 is 2.05 bits per heavy atom. The fraction of sp³-hybridized carbons (Fsp3) is 0.400. The van der Waals surface area contributed by atoms with Crippen molar-refractivity contribution < 1.29 is 4.92 Å². The van der Waals surface area contributed by atoms with E-state index in [4.69, 9.17) is 0 Å². The number of aromatic nitrogens is 2. The molecular weight excluding hydrogens is 265 g/mol. The van der Waals surface area contributed by atoms with Crippen LogP contribution in [0.5, 0.6) is 0 Å². The molecule has 0 bridgehead atoms. The largest absolute Gasteiger partial charge is 0.297 e. The van der Waals surface area contributed by atoms with Crippen molar-refractivity contribution >= 4 is 19.0 Å². The maximum absolute atomic E-state index is 11.3. The van der Waals surface area contributed by atoms with Crippen LogP contribution in [0.15, 0.2) is 30.6 Å². The van der Waals surface area contributed by atoms with Crippen LogP contribution in [-0.2, 0) is 0 Å². The third-order valence-corrected chi connectivity index (χ3v) is 4.23. The van der Waals surface area contributed by atoms with Gasteiger partial charge in [-0.2, -0.15) is 0 Å². The molecule has 108 valence electrons. The predicted molar refractivity (Wildman–Crippen MR) is 84.2 cm³/mol. The van der Waals surface area contributed by atoms with Gasteiger partial charge in [-0.05, 0) is 18.9 Å². The Labute approximate surface area is 124 Å². The highest BCUT2D eigenvalue weighted by molar-refractivity contribution is 6.32. The van der Waals surface area contributed by atoms with Gasteiger partial charge in [-0.25, -0.2) is 4.98 Å². The van der Waals surface area contributed by atoms with Crippen LogP contribution in [0.25, 0.3) is 5.69 Å². The van der Waals surface area contributed by atoms with Crippen molar-refractivity contribution in [2.75, 3.05) is 0 Å². The van der Waals surface area contributed by atoms with Crippen LogP contribution in [-0.4, -0.2) is 22.3 Å². The molecule has 0 aliphatic heterocycles. The van der Waals surface area contributed by atoms with Gasteiger partial charge in [0.2, 0.25) is 0 Å². The molecule has 0 radical (unpaired) electrons. The zero-order chi connectivity index (χ0) is 14.8. The van der Waals surface area contributed by atoms with E-state index in [1.165, 1.54) is 19.3 Å². The Morgan fingerprint density at radius 1 is 1.29 bits per heavy atom. The lowest BCUT2D eigenvalue weighted by Gasteiger charge is -2.22. The van der Waals surface area contributed by atoms with Gasteiger partial charge < -0.3 is 0 Å². The van der Waals surface area contributed by atoms with E-state index in [0.29, 0.717) is 11.6 Å². The molecule has 6 heteroatoms. The van der Waals surface area contributed by atoms with Crippen LogP contribution in [0.3, 0.4) is 0 Å². The summed E-state index contributed by atoms with van der Waals surface area (Å²) < 4.78 is 1.90. The molecule has 1 saturated carbocycles. The van der Waals surface area contributed by atoms with Gasteiger partial charge >= 0.3 is 0 Å². The molecule has 1 aliphatic rings. The highest BCUT2D eigenvalue weighted by Gasteiger charge is 2.23. The molecule has 0 amide bonds. The molecule has 21 heavy (non-hydrogen) atoms. The summed E-state index contributed by atoms with van der Waals surface area (Å²) in [5, 5.41) is 11.3. The second-order valence-corrected chi connectivity index (χ2v) is 5.74. The monoisotopic (exact) mass is 283 g/mol. The highest BCUT2D eigenvalue weighted by atomic mass is 16.6. The minimum atomic E-state index is -0.313. The first-order chi connectivity index (χ1) is 10.2. The second kappa shape index (κ2) is 5.72. The molecule has 1 aromatic heterocycles. The lowest BCUT2D eigenvalue weighted by Crippen LogP contribution is -2.13. The number of nitro groups is 1. The summed E-state index contributed by atoms with van der Waals surface area (Å²) >= 11 is 0. The fourth-order valence-corrected chi connectivity index (χ4v) is 3.16. The van der Waals surface area contributed by atoms with E-state index < -0.39 is 0 Å². The topological polar surface area (TPSA) is 61.0 Å². The zero-order valence-corrected chi connectivity index (χ0v) is 12.2. The van der Waals surface area contributed by atoms with Gasteiger partial charge in [0.25, 0.3) is 5.69 Å². The lowest BCUT2D eigenvalue weighted by atomic mass is 9.88. The Hall–Kier alpha value is -2.11. The van der Waals surface area contributed by atoms with E-state index >= 15 is 0 Å². The summed E-state index contributed by atoms with van der Waals surface area (Å²) in [7, 11) is 1.87. The van der Waals surface area contributed by atoms with Crippen molar-refractivity contribution in [2.45, 2.75) is 38.0 Å². The summed E-state index contributed by atoms with van der Waals surface area (Å²) in [4.78, 5) is 15.5. The number of nitro benzene ring substituents is 1. The number of nitrogens with zero attached hydrogens (tertiary/aromatic N) is 3. The molecule has 1 aromatic carbocycles. The number of imidazole rings is 1. The Bertz CT molecular complexity index is 663. The molecule has 0 unspecified atom stereocenters. The van der Waals surface area contributed by atoms with E-state index in [0.717, 1.165) is 24.1 Å². The smallest absolute Gasteiger partial charge is 0.292 e. The third-order valence-electron chi connectivity index (χ3n) is 4.23. The van der Waals surface area contributed by atoms with Crippen molar-refractivity contribution in [3.63, 3.8) is 0 Å². The molecule has 0 spiro atoms. The van der Waals surface area contributed by atoms with Crippen molar-refractivity contribution in [2.24, 2.45) is 0 Å². The highest BCUT2D eigenvalue weighted by Crippen LogP contribution is 2.34. The van der Waals surface area contributed by atoms with Crippen molar-refractivity contribution in [1.29, 1.82) is 0 Å². The van der Waals surface area contributed by atoms with Crippen LogP contribution >= 0.6 is 0 Å². The lowest BCUT2D eigenvalue weighted by molar-refractivity contribution is -0.384. The molecule has 1 fully saturated rings. The summed E-state index contributed by atoms with van der Waals surface area (Å²) in [6, 6.07) is 5.36. The van der Waals surface area contributed by atoms with E-state index in [-0.39, 0.29) is 10.6 Å². The van der Waals surface area contributed by atoms with E-state index in [1.807, 2.05) is 30.7 Å². The van der Waals surface area contributed by atoms with Crippen LogP contribution in [0.1, 0.15) is 43.8 Å². The van der Waals surface area contributed by atoms with Gasteiger partial charge in [0, 0.05) is 24.4 Å². The maximum atomic E-state index is 11.3. The summed E-state index contributed by atoms with van der Waals surface area (Å²) in [5.41, 5.74) is 1.65. The van der Waals surface area contributed by atoms with Crippen LogP contribution in [0, 0.1) is 10.1 Å². The molecule has 5 nitrogen and oxygen atoms in total. The average Bonchev–Trinajstić information content (AvgIpc) is 2.97. The number of benzene rings is 1. The maximum Gasteiger partial charge on any atom is 0.292 e. The van der Waals surface area contributed by atoms with Gasteiger partial charge in [-0.3, -0.25) is 14.7 Å². The molecular formula is C15H18BN3O2. The van der Waals surface area contributed by atoms with E-state index in [1.54, 1.807) is 12.3 Å². The third kappa shape index (κ3) is 2.70. The van der Waals surface area contributed by atoms with Gasteiger partial charge in [-0.1, -0.05) is 30.8 Å². The fourth-order valence-electron chi connectivity index (χ4n) is 3.16. The Kier molecular flexibility index (Phi) is 3.77. The summed E-state index contributed by atoms with van der Waals surface area (Å²) in [5.74, 6) is 1.37. The van der Waals surface area contributed by atoms with E-state index in [9.17, 15) is 10.1 Å². The molecule has 2 aromatic rings. The van der Waals surface area contributed by atoms with Crippen LogP contribution in [0.2, 0.25) is 0 Å². The van der Waals surface area contributed by atoms with Crippen molar-refractivity contribution in [3.8, 4) is 5.69 Å². The first kappa shape index (κ1) is 13.9. The summed E-state index contributed by atoms with van der Waals surface area (Å²) in [6.07, 6.45) is 9.53. The SMILES string of the molecule is Bc1ccc(-n2ccnc2C2CCCCC2)c([N+](=O)[O-])c1. The molecule has 1 aliphatic carbocycles. The molecule has 0 saturated heterocycles. The van der Waals surface area contributed by atoms with Crippen molar-refractivity contribution in [3.05, 3.63) is 46.5 Å². The van der Waals surface area contributed by atoms with Crippen molar-refractivity contribution in [1.82, 2.24) is 9.55 Å². The number of rotatable bonds is 3. The second-order valence-electron chi connectivity index (χ2n) is 5.74. The van der Waals surface area contributed by atoms with Gasteiger partial charge in [0.05, 0.1) is 4.92 Å². The minimum absolute atomic E-state index is 0.144. The van der Waals surface area contributed by atoms with Crippen LogP contribution in [0.4, 0.5) is 5.69 Å². The normalized spacial score (nSPS) is 16.0. The Morgan fingerprint density at radius 3 is 2.76 bits per heavy atom. The molecule has 0 atom stereocenters. The van der Waals surface area contributed by atoms with Gasteiger partial charge in [0.1, 0.15) is 19.4 Å². The minimum Gasteiger partial charge on any atom is -0.297 e. The molecule has 1 heterocycles.